The van der Waals surface area contributed by atoms with Gasteiger partial charge in [0.15, 0.2) is 5.13 Å². The lowest BCUT2D eigenvalue weighted by atomic mass is 9.98. The number of carbonyl (C=O) groups excluding carboxylic acids is 2. The molecule has 1 heterocycles. The third-order valence-corrected chi connectivity index (χ3v) is 4.02. The van der Waals surface area contributed by atoms with Gasteiger partial charge in [0.25, 0.3) is 0 Å². The van der Waals surface area contributed by atoms with Crippen molar-refractivity contribution in [3.63, 3.8) is 0 Å². The summed E-state index contributed by atoms with van der Waals surface area (Å²) < 4.78 is 4.58. The fraction of sp³-hybridized carbons (Fsp3) is 0.312. The van der Waals surface area contributed by atoms with Crippen LogP contribution in [0.1, 0.15) is 30.5 Å². The first-order chi connectivity index (χ1) is 10.6. The summed E-state index contributed by atoms with van der Waals surface area (Å²) in [4.78, 5) is 27.4. The van der Waals surface area contributed by atoms with Crippen molar-refractivity contribution in [2.75, 3.05) is 12.4 Å². The molecule has 0 fully saturated rings. The number of hydrogen-bond donors (Lipinski definition) is 1. The van der Waals surface area contributed by atoms with Crippen LogP contribution in [-0.2, 0) is 20.7 Å². The minimum absolute atomic E-state index is 0.0877. The molecule has 22 heavy (non-hydrogen) atoms. The molecule has 1 aromatic carbocycles. The molecule has 116 valence electrons. The number of rotatable bonds is 6. The van der Waals surface area contributed by atoms with E-state index in [-0.39, 0.29) is 24.2 Å². The van der Waals surface area contributed by atoms with Gasteiger partial charge in [-0.15, -0.1) is 11.3 Å². The van der Waals surface area contributed by atoms with E-state index in [1.165, 1.54) is 18.4 Å². The monoisotopic (exact) mass is 318 g/mol. The topological polar surface area (TPSA) is 68.3 Å². The Labute approximate surface area is 133 Å². The molecule has 0 spiro atoms. The van der Waals surface area contributed by atoms with E-state index in [0.29, 0.717) is 17.2 Å². The quantitative estimate of drug-likeness (QED) is 0.831. The molecule has 0 aliphatic carbocycles. The largest absolute Gasteiger partial charge is 0.469 e. The number of carbonyl (C=O) groups is 2. The van der Waals surface area contributed by atoms with Gasteiger partial charge in [-0.05, 0) is 11.5 Å². The minimum Gasteiger partial charge on any atom is -0.469 e. The Hall–Kier alpha value is -2.21. The van der Waals surface area contributed by atoms with E-state index < -0.39 is 0 Å². The maximum Gasteiger partial charge on any atom is 0.311 e. The highest BCUT2D eigenvalue weighted by Gasteiger charge is 2.13. The molecule has 1 aromatic heterocycles. The fourth-order valence-electron chi connectivity index (χ4n) is 2.01. The van der Waals surface area contributed by atoms with Crippen LogP contribution in [-0.4, -0.2) is 24.0 Å². The number of amides is 1. The Kier molecular flexibility index (Phi) is 5.66. The Bertz CT molecular complexity index is 640. The second-order valence-corrected chi connectivity index (χ2v) is 5.82. The van der Waals surface area contributed by atoms with Gasteiger partial charge in [0.05, 0.1) is 19.2 Å². The zero-order valence-electron chi connectivity index (χ0n) is 12.5. The van der Waals surface area contributed by atoms with Crippen LogP contribution in [0.3, 0.4) is 0 Å². The van der Waals surface area contributed by atoms with Gasteiger partial charge in [-0.25, -0.2) is 4.98 Å². The number of aromatic nitrogens is 1. The van der Waals surface area contributed by atoms with Gasteiger partial charge >= 0.3 is 5.97 Å². The van der Waals surface area contributed by atoms with Gasteiger partial charge < -0.3 is 10.1 Å². The summed E-state index contributed by atoms with van der Waals surface area (Å²) in [7, 11) is 1.34. The highest BCUT2D eigenvalue weighted by atomic mass is 32.1. The normalized spacial score (nSPS) is 11.7. The van der Waals surface area contributed by atoms with Crippen LogP contribution < -0.4 is 5.32 Å². The van der Waals surface area contributed by atoms with E-state index in [4.69, 9.17) is 0 Å². The number of esters is 1. The molecule has 2 rings (SSSR count). The van der Waals surface area contributed by atoms with Crippen LogP contribution in [0.15, 0.2) is 35.7 Å². The van der Waals surface area contributed by atoms with Gasteiger partial charge in [0.1, 0.15) is 0 Å². The third-order valence-electron chi connectivity index (χ3n) is 3.21. The number of nitrogens with zero attached hydrogens (tertiary/aromatic N) is 1. The van der Waals surface area contributed by atoms with Gasteiger partial charge in [-0.1, -0.05) is 37.3 Å². The molecule has 2 aromatic rings. The van der Waals surface area contributed by atoms with Crippen molar-refractivity contribution in [1.29, 1.82) is 0 Å². The minimum atomic E-state index is -0.346. The number of nitrogens with one attached hydrogen (secondary N) is 1. The lowest BCUT2D eigenvalue weighted by molar-refractivity contribution is -0.139. The molecular weight excluding hydrogens is 300 g/mol. The lowest BCUT2D eigenvalue weighted by Gasteiger charge is -2.10. The summed E-state index contributed by atoms with van der Waals surface area (Å²) >= 11 is 1.30. The molecule has 0 saturated heterocycles. The van der Waals surface area contributed by atoms with Gasteiger partial charge in [0.2, 0.25) is 5.91 Å². The lowest BCUT2D eigenvalue weighted by Crippen LogP contribution is -2.14. The van der Waals surface area contributed by atoms with Crippen LogP contribution in [0.2, 0.25) is 0 Å². The summed E-state index contributed by atoms with van der Waals surface area (Å²) in [6.45, 7) is 2.01. The molecule has 1 N–H and O–H groups in total. The molecular formula is C16H18N2O3S. The van der Waals surface area contributed by atoms with E-state index in [2.05, 4.69) is 15.0 Å². The fourth-order valence-corrected chi connectivity index (χ4v) is 2.74. The first-order valence-electron chi connectivity index (χ1n) is 6.94. The zero-order valence-corrected chi connectivity index (χ0v) is 13.4. The average Bonchev–Trinajstić information content (AvgIpc) is 2.94. The molecule has 0 radical (unpaired) electrons. The van der Waals surface area contributed by atoms with Crippen molar-refractivity contribution in [2.45, 2.75) is 25.7 Å². The predicted octanol–water partition coefficient (Wildman–Crippen LogP) is 2.99. The maximum absolute atomic E-state index is 12.0. The van der Waals surface area contributed by atoms with Gasteiger partial charge in [-0.2, -0.15) is 0 Å². The maximum atomic E-state index is 12.0. The number of hydrogen-bond acceptors (Lipinski definition) is 5. The average molecular weight is 318 g/mol. The van der Waals surface area contributed by atoms with E-state index in [9.17, 15) is 9.59 Å². The summed E-state index contributed by atoms with van der Waals surface area (Å²) in [5, 5.41) is 5.02. The van der Waals surface area contributed by atoms with Crippen LogP contribution in [0, 0.1) is 0 Å². The van der Waals surface area contributed by atoms with E-state index in [1.54, 1.807) is 5.38 Å². The molecule has 1 atom stereocenters. The van der Waals surface area contributed by atoms with Crippen LogP contribution in [0.4, 0.5) is 5.13 Å². The van der Waals surface area contributed by atoms with Crippen molar-refractivity contribution < 1.29 is 14.3 Å². The summed E-state index contributed by atoms with van der Waals surface area (Å²) in [5.41, 5.74) is 1.73. The Balaban J connectivity index is 1.88. The van der Waals surface area contributed by atoms with Gasteiger partial charge in [0, 0.05) is 11.8 Å². The van der Waals surface area contributed by atoms with Crippen LogP contribution in [0.25, 0.3) is 0 Å². The first kappa shape index (κ1) is 16.2. The Morgan fingerprint density at radius 2 is 2.05 bits per heavy atom. The number of thiazole rings is 1. The van der Waals surface area contributed by atoms with E-state index >= 15 is 0 Å². The molecule has 0 bridgehead atoms. The van der Waals surface area contributed by atoms with E-state index in [1.807, 2.05) is 37.3 Å². The number of anilines is 1. The number of methoxy groups -OCH3 is 1. The molecule has 0 saturated carbocycles. The smallest absolute Gasteiger partial charge is 0.311 e. The van der Waals surface area contributed by atoms with E-state index in [0.717, 1.165) is 5.56 Å². The van der Waals surface area contributed by atoms with Crippen LogP contribution >= 0.6 is 11.3 Å². The highest BCUT2D eigenvalue weighted by molar-refractivity contribution is 7.13. The highest BCUT2D eigenvalue weighted by Crippen LogP contribution is 2.21. The molecule has 0 aliphatic rings. The molecule has 1 amide bonds. The second-order valence-electron chi connectivity index (χ2n) is 4.96. The summed E-state index contributed by atoms with van der Waals surface area (Å²) in [5.74, 6) is -0.299. The standard InChI is InChI=1S/C16H18N2O3S/c1-11(12-6-4-3-5-7-12)8-14(19)18-16-17-13(10-22-16)9-15(20)21-2/h3-7,10-11H,8-9H2,1-2H3,(H,17,18,19). The van der Waals surface area contributed by atoms with Crippen molar-refractivity contribution in [3.8, 4) is 0 Å². The number of benzene rings is 1. The Morgan fingerprint density at radius 1 is 1.32 bits per heavy atom. The first-order valence-corrected chi connectivity index (χ1v) is 7.82. The van der Waals surface area contributed by atoms with Crippen molar-refractivity contribution in [2.24, 2.45) is 0 Å². The summed E-state index contributed by atoms with van der Waals surface area (Å²) in [6, 6.07) is 9.90. The number of ether oxygens (including phenoxy) is 1. The van der Waals surface area contributed by atoms with Crippen molar-refractivity contribution in [1.82, 2.24) is 4.98 Å². The van der Waals surface area contributed by atoms with Crippen molar-refractivity contribution in [3.05, 3.63) is 47.0 Å². The Morgan fingerprint density at radius 3 is 2.73 bits per heavy atom. The summed E-state index contributed by atoms with van der Waals surface area (Å²) in [6.07, 6.45) is 0.499. The van der Waals surface area contributed by atoms with Crippen LogP contribution in [0.5, 0.6) is 0 Å². The van der Waals surface area contributed by atoms with Crippen molar-refractivity contribution >= 4 is 28.3 Å². The second kappa shape index (κ2) is 7.70. The zero-order chi connectivity index (χ0) is 15.9. The molecule has 6 heteroatoms. The molecule has 0 aliphatic heterocycles. The molecule has 1 unspecified atom stereocenters. The third kappa shape index (κ3) is 4.66. The van der Waals surface area contributed by atoms with Gasteiger partial charge in [-0.3, -0.25) is 9.59 Å². The molecule has 5 nitrogen and oxygen atoms in total. The predicted molar refractivity (Wildman–Crippen MR) is 85.9 cm³/mol. The SMILES string of the molecule is COC(=O)Cc1csc(NC(=O)CC(C)c2ccccc2)n1.